The molecule has 1 saturated heterocycles. The van der Waals surface area contributed by atoms with Crippen molar-refractivity contribution >= 4 is 33.1 Å². The van der Waals surface area contributed by atoms with Crippen LogP contribution in [0, 0.1) is 11.3 Å². The predicted molar refractivity (Wildman–Crippen MR) is 170 cm³/mol. The van der Waals surface area contributed by atoms with E-state index in [0.29, 0.717) is 34.7 Å². The zero-order valence-electron chi connectivity index (χ0n) is 26.0. The minimum atomic E-state index is -4.46. The van der Waals surface area contributed by atoms with Gasteiger partial charge in [-0.1, -0.05) is 30.3 Å². The monoisotopic (exact) mass is 645 g/mol. The van der Waals surface area contributed by atoms with E-state index >= 15 is 0 Å². The smallest absolute Gasteiger partial charge is 0.407 e. The van der Waals surface area contributed by atoms with Crippen LogP contribution in [-0.2, 0) is 19.6 Å². The van der Waals surface area contributed by atoms with Crippen LogP contribution in [0.25, 0.3) is 11.0 Å². The number of nitrogens with one attached hydrogen (secondary N) is 1. The summed E-state index contributed by atoms with van der Waals surface area (Å²) in [7, 11) is -3.01. The maximum Gasteiger partial charge on any atom is 0.407 e. The normalized spacial score (nSPS) is 16.0. The maximum absolute atomic E-state index is 14.5. The first-order valence-corrected chi connectivity index (χ1v) is 16.2. The number of aromatic nitrogens is 2. The van der Waals surface area contributed by atoms with Crippen molar-refractivity contribution in [2.75, 3.05) is 20.2 Å². The summed E-state index contributed by atoms with van der Waals surface area (Å²) in [6.45, 7) is 5.79. The molecule has 1 aliphatic rings. The minimum absolute atomic E-state index is 0.0108. The zero-order valence-corrected chi connectivity index (χ0v) is 26.8. The molecule has 1 unspecified atom stereocenters. The molecule has 0 aliphatic carbocycles. The Morgan fingerprint density at radius 1 is 1.02 bits per heavy atom. The summed E-state index contributed by atoms with van der Waals surface area (Å²) in [5.74, 6) is -0.0321. The van der Waals surface area contributed by atoms with Crippen LogP contribution in [0.15, 0.2) is 82.5 Å². The first-order valence-electron chi connectivity index (χ1n) is 14.7. The van der Waals surface area contributed by atoms with Crippen molar-refractivity contribution in [1.29, 1.82) is 5.26 Å². The SMILES string of the molecule is COc1ccc(S(=O)(=O)n2c(=O)n(C(C(=O)N3CCC[C@H](NC(=O)OC(C)(C)C)C3)c3ccccc3)c3cc(C#N)ccc32)cc1. The molecule has 1 aliphatic heterocycles. The fourth-order valence-corrected chi connectivity index (χ4v) is 6.97. The number of benzene rings is 3. The Morgan fingerprint density at radius 2 is 1.72 bits per heavy atom. The number of piperidine rings is 1. The molecular weight excluding hydrogens is 610 g/mol. The van der Waals surface area contributed by atoms with E-state index in [-0.39, 0.29) is 28.0 Å². The van der Waals surface area contributed by atoms with Crippen molar-refractivity contribution in [3.63, 3.8) is 0 Å². The molecule has 0 saturated carbocycles. The summed E-state index contributed by atoms with van der Waals surface area (Å²) >= 11 is 0. The Labute approximate surface area is 266 Å². The quantitative estimate of drug-likeness (QED) is 0.316. The van der Waals surface area contributed by atoms with Crippen LogP contribution in [0.5, 0.6) is 5.75 Å². The number of amides is 2. The second-order valence-electron chi connectivity index (χ2n) is 12.0. The Hall–Kier alpha value is -5.09. The van der Waals surface area contributed by atoms with Crippen molar-refractivity contribution in [2.24, 2.45) is 0 Å². The number of imidazole rings is 1. The molecule has 2 amide bonds. The molecule has 5 rings (SSSR count). The number of fused-ring (bicyclic) bond motifs is 1. The number of ether oxygens (including phenoxy) is 2. The van der Waals surface area contributed by atoms with Gasteiger partial charge in [-0.15, -0.1) is 0 Å². The van der Waals surface area contributed by atoms with Gasteiger partial charge < -0.3 is 19.7 Å². The zero-order chi connectivity index (χ0) is 33.2. The molecule has 240 valence electrons. The molecule has 2 heterocycles. The average molecular weight is 646 g/mol. The molecule has 0 spiro atoms. The first kappa shape index (κ1) is 32.3. The second kappa shape index (κ2) is 12.7. The van der Waals surface area contributed by atoms with Crippen molar-refractivity contribution < 1.29 is 27.5 Å². The molecule has 0 radical (unpaired) electrons. The highest BCUT2D eigenvalue weighted by atomic mass is 32.2. The standard InChI is InChI=1S/C33H35N5O7S/c1-33(2,3)45-31(40)35-24-11-8-18-36(21-24)30(39)29(23-9-6-5-7-10-23)37-28-19-22(20-34)12-17-27(28)38(32(37)41)46(42,43)26-15-13-25(44-4)14-16-26/h5-7,9-10,12-17,19,24,29H,8,11,18,21H2,1-4H3,(H,35,40)/t24-,29?/m0/s1. The second-order valence-corrected chi connectivity index (χ2v) is 13.8. The molecule has 4 aromatic rings. The molecular formula is C33H35N5O7S. The van der Waals surface area contributed by atoms with E-state index in [2.05, 4.69) is 5.32 Å². The molecule has 13 heteroatoms. The lowest BCUT2D eigenvalue weighted by Crippen LogP contribution is -2.52. The number of methoxy groups -OCH3 is 1. The molecule has 1 fully saturated rings. The van der Waals surface area contributed by atoms with Crippen LogP contribution in [0.1, 0.15) is 50.8 Å². The van der Waals surface area contributed by atoms with Gasteiger partial charge in [0, 0.05) is 19.1 Å². The van der Waals surface area contributed by atoms with Crippen molar-refractivity contribution in [3.05, 3.63) is 94.4 Å². The number of carbonyl (C=O) groups excluding carboxylic acids is 2. The lowest BCUT2D eigenvalue weighted by atomic mass is 10.0. The van der Waals surface area contributed by atoms with Gasteiger partial charge in [0.05, 0.1) is 34.7 Å². The van der Waals surface area contributed by atoms with Gasteiger partial charge in [0.1, 0.15) is 17.4 Å². The van der Waals surface area contributed by atoms with Crippen LogP contribution in [0.2, 0.25) is 0 Å². The number of hydrogen-bond donors (Lipinski definition) is 1. The molecule has 1 aromatic heterocycles. The van der Waals surface area contributed by atoms with E-state index in [1.54, 1.807) is 56.0 Å². The van der Waals surface area contributed by atoms with Crippen LogP contribution in [-0.4, -0.2) is 65.7 Å². The van der Waals surface area contributed by atoms with E-state index in [0.717, 1.165) is 4.57 Å². The van der Waals surface area contributed by atoms with Crippen LogP contribution in [0.4, 0.5) is 4.79 Å². The number of carbonyl (C=O) groups is 2. The average Bonchev–Trinajstić information content (AvgIpc) is 3.32. The lowest BCUT2D eigenvalue weighted by molar-refractivity contribution is -0.135. The number of nitriles is 1. The Kier molecular flexibility index (Phi) is 8.94. The third kappa shape index (κ3) is 6.48. The van der Waals surface area contributed by atoms with E-state index < -0.39 is 45.4 Å². The third-order valence-corrected chi connectivity index (χ3v) is 9.32. The van der Waals surface area contributed by atoms with Gasteiger partial charge in [0.25, 0.3) is 15.9 Å². The third-order valence-electron chi connectivity index (χ3n) is 7.62. The highest BCUT2D eigenvalue weighted by Gasteiger charge is 2.36. The van der Waals surface area contributed by atoms with Crippen molar-refractivity contribution in [1.82, 2.24) is 18.8 Å². The van der Waals surface area contributed by atoms with Crippen LogP contribution >= 0.6 is 0 Å². The molecule has 0 bridgehead atoms. The summed E-state index contributed by atoms with van der Waals surface area (Å²) < 4.78 is 40.4. The van der Waals surface area contributed by atoms with Crippen LogP contribution < -0.4 is 15.7 Å². The lowest BCUT2D eigenvalue weighted by Gasteiger charge is -2.35. The number of hydrogen-bond acceptors (Lipinski definition) is 8. The van der Waals surface area contributed by atoms with Gasteiger partial charge in [-0.25, -0.2) is 18.0 Å². The van der Waals surface area contributed by atoms with Gasteiger partial charge in [-0.3, -0.25) is 9.36 Å². The van der Waals surface area contributed by atoms with Gasteiger partial charge in [0.2, 0.25) is 0 Å². The molecule has 3 aromatic carbocycles. The van der Waals surface area contributed by atoms with Gasteiger partial charge >= 0.3 is 11.8 Å². The summed E-state index contributed by atoms with van der Waals surface area (Å²) in [5, 5.41) is 12.5. The Bertz CT molecular complexity index is 1970. The predicted octanol–water partition coefficient (Wildman–Crippen LogP) is 4.03. The Morgan fingerprint density at radius 3 is 2.35 bits per heavy atom. The number of rotatable bonds is 7. The maximum atomic E-state index is 14.5. The van der Waals surface area contributed by atoms with E-state index in [4.69, 9.17) is 9.47 Å². The van der Waals surface area contributed by atoms with Crippen molar-refractivity contribution in [3.8, 4) is 11.8 Å². The fraction of sp³-hybridized carbons (Fsp3) is 0.333. The number of nitrogens with zero attached hydrogens (tertiary/aromatic N) is 4. The molecule has 12 nitrogen and oxygen atoms in total. The molecule has 2 atom stereocenters. The Balaban J connectivity index is 1.64. The molecule has 46 heavy (non-hydrogen) atoms. The van der Waals surface area contributed by atoms with E-state index in [1.165, 1.54) is 49.6 Å². The summed E-state index contributed by atoms with van der Waals surface area (Å²) in [6, 6.07) is 18.8. The van der Waals surface area contributed by atoms with E-state index in [1.807, 2.05) is 6.07 Å². The summed E-state index contributed by atoms with van der Waals surface area (Å²) in [6.07, 6.45) is 0.595. The minimum Gasteiger partial charge on any atom is -0.497 e. The van der Waals surface area contributed by atoms with Crippen molar-refractivity contribution in [2.45, 2.75) is 56.2 Å². The molecule has 1 N–H and O–H groups in total. The summed E-state index contributed by atoms with van der Waals surface area (Å²) in [4.78, 5) is 42.8. The highest BCUT2D eigenvalue weighted by molar-refractivity contribution is 7.90. The fourth-order valence-electron chi connectivity index (χ4n) is 5.58. The van der Waals surface area contributed by atoms with Gasteiger partial charge in [0.15, 0.2) is 0 Å². The van der Waals surface area contributed by atoms with Crippen LogP contribution in [0.3, 0.4) is 0 Å². The number of alkyl carbamates (subject to hydrolysis) is 1. The summed E-state index contributed by atoms with van der Waals surface area (Å²) in [5.41, 5.74) is -0.931. The highest BCUT2D eigenvalue weighted by Crippen LogP contribution is 2.29. The van der Waals surface area contributed by atoms with Gasteiger partial charge in [-0.05, 0) is 81.6 Å². The topological polar surface area (TPSA) is 153 Å². The van der Waals surface area contributed by atoms with Gasteiger partial charge in [-0.2, -0.15) is 9.23 Å². The van der Waals surface area contributed by atoms with E-state index in [9.17, 15) is 28.1 Å². The number of likely N-dealkylation sites (tertiary alicyclic amines) is 1. The largest absolute Gasteiger partial charge is 0.497 e. The first-order chi connectivity index (χ1) is 21.8.